The molecule has 10 heteroatoms. The summed E-state index contributed by atoms with van der Waals surface area (Å²) in [5.74, 6) is 1.82. The Balaban J connectivity index is 1.52. The Morgan fingerprint density at radius 1 is 1.06 bits per heavy atom. The molecule has 1 aliphatic heterocycles. The van der Waals surface area contributed by atoms with E-state index in [-0.39, 0.29) is 13.2 Å². The molecule has 0 aliphatic carbocycles. The van der Waals surface area contributed by atoms with Crippen LogP contribution in [0.1, 0.15) is 30.4 Å². The van der Waals surface area contributed by atoms with Gasteiger partial charge in [-0.2, -0.15) is 25.3 Å². The number of anilines is 4. The summed E-state index contributed by atoms with van der Waals surface area (Å²) in [4.78, 5) is 15.8. The Kier molecular flexibility index (Phi) is 7.82. The van der Waals surface area contributed by atoms with E-state index in [4.69, 9.17) is 10.00 Å². The molecule has 10 nitrogen and oxygen atoms in total. The molecule has 1 aliphatic rings. The Hall–Kier alpha value is -4.23. The van der Waals surface area contributed by atoms with Gasteiger partial charge in [0.2, 0.25) is 17.8 Å². The first-order chi connectivity index (χ1) is 16.7. The highest BCUT2D eigenvalue weighted by Crippen LogP contribution is 2.21. The van der Waals surface area contributed by atoms with E-state index >= 15 is 0 Å². The van der Waals surface area contributed by atoms with Crippen molar-refractivity contribution in [2.24, 2.45) is 5.10 Å². The van der Waals surface area contributed by atoms with Crippen LogP contribution in [0.5, 0.6) is 5.75 Å². The van der Waals surface area contributed by atoms with Gasteiger partial charge in [-0.15, -0.1) is 0 Å². The van der Waals surface area contributed by atoms with Crippen LogP contribution in [-0.4, -0.2) is 46.0 Å². The Bertz CT molecular complexity index is 1160. The molecule has 2 aromatic carbocycles. The molecule has 4 rings (SSSR count). The highest BCUT2D eigenvalue weighted by atomic mass is 16.5. The van der Waals surface area contributed by atoms with Gasteiger partial charge < -0.3 is 20.1 Å². The van der Waals surface area contributed by atoms with E-state index in [1.54, 1.807) is 24.4 Å². The number of aliphatic hydroxyl groups excluding tert-OH is 1. The number of nitrogens with one attached hydrogen (secondary N) is 2. The van der Waals surface area contributed by atoms with E-state index in [1.807, 2.05) is 36.4 Å². The van der Waals surface area contributed by atoms with E-state index in [9.17, 15) is 5.11 Å². The molecular formula is C24H26N8O2. The SMILES string of the molecule is N#CCOc1ccc(/C=N/Nc2nc(Nc3ccccc3)nc(N3CCCCC3)n2)cc1CO. The number of aromatic nitrogens is 3. The second-order valence-corrected chi connectivity index (χ2v) is 7.66. The maximum Gasteiger partial charge on any atom is 0.250 e. The van der Waals surface area contributed by atoms with Crippen LogP contribution >= 0.6 is 0 Å². The van der Waals surface area contributed by atoms with Crippen molar-refractivity contribution in [2.75, 3.05) is 35.3 Å². The minimum Gasteiger partial charge on any atom is -0.478 e. The lowest BCUT2D eigenvalue weighted by atomic mass is 10.1. The first-order valence-corrected chi connectivity index (χ1v) is 11.1. The van der Waals surface area contributed by atoms with Gasteiger partial charge in [0.1, 0.15) is 11.8 Å². The standard InChI is InChI=1S/C24H26N8O2/c25-11-14-34-21-10-9-18(15-19(21)17-33)16-26-31-23-28-22(27-20-7-3-1-4-8-20)29-24(30-23)32-12-5-2-6-13-32/h1,3-4,7-10,15-16,33H,2,5-6,12-14,17H2,(H2,27,28,29,30,31)/b26-16+. The maximum atomic E-state index is 9.59. The molecule has 0 bridgehead atoms. The van der Waals surface area contributed by atoms with Crippen molar-refractivity contribution in [2.45, 2.75) is 25.9 Å². The van der Waals surface area contributed by atoms with Gasteiger partial charge in [-0.25, -0.2) is 5.43 Å². The minimum absolute atomic E-state index is 0.0833. The zero-order chi connectivity index (χ0) is 23.6. The third-order valence-corrected chi connectivity index (χ3v) is 5.22. The van der Waals surface area contributed by atoms with Gasteiger partial charge in [-0.3, -0.25) is 0 Å². The predicted octanol–water partition coefficient (Wildman–Crippen LogP) is 3.45. The number of aliphatic hydroxyl groups is 1. The van der Waals surface area contributed by atoms with Crippen molar-refractivity contribution in [3.05, 3.63) is 59.7 Å². The first kappa shape index (κ1) is 22.9. The summed E-state index contributed by atoms with van der Waals surface area (Å²) in [6.07, 6.45) is 5.02. The van der Waals surface area contributed by atoms with E-state index < -0.39 is 0 Å². The summed E-state index contributed by atoms with van der Waals surface area (Å²) in [5, 5.41) is 25.8. The second kappa shape index (κ2) is 11.6. The molecule has 0 spiro atoms. The molecule has 174 valence electrons. The minimum atomic E-state index is -0.211. The van der Waals surface area contributed by atoms with E-state index in [2.05, 4.69) is 35.7 Å². The third-order valence-electron chi connectivity index (χ3n) is 5.22. The lowest BCUT2D eigenvalue weighted by molar-refractivity contribution is 0.270. The number of nitriles is 1. The smallest absolute Gasteiger partial charge is 0.250 e. The van der Waals surface area contributed by atoms with Gasteiger partial charge in [0.15, 0.2) is 6.61 Å². The molecule has 0 unspecified atom stereocenters. The molecule has 2 heterocycles. The number of ether oxygens (including phenoxy) is 1. The van der Waals surface area contributed by atoms with Crippen LogP contribution in [0.4, 0.5) is 23.5 Å². The van der Waals surface area contributed by atoms with Gasteiger partial charge in [-0.05, 0) is 55.2 Å². The van der Waals surface area contributed by atoms with Gasteiger partial charge >= 0.3 is 0 Å². The number of hydrogen-bond donors (Lipinski definition) is 3. The van der Waals surface area contributed by atoms with Crippen LogP contribution in [0.3, 0.4) is 0 Å². The Morgan fingerprint density at radius 2 is 1.85 bits per heavy atom. The first-order valence-electron chi connectivity index (χ1n) is 11.1. The highest BCUT2D eigenvalue weighted by Gasteiger charge is 2.16. The number of nitrogens with zero attached hydrogens (tertiary/aromatic N) is 6. The van der Waals surface area contributed by atoms with Crippen molar-refractivity contribution in [1.82, 2.24) is 15.0 Å². The highest BCUT2D eigenvalue weighted by molar-refractivity contribution is 5.80. The number of piperidine rings is 1. The van der Waals surface area contributed by atoms with Crippen molar-refractivity contribution < 1.29 is 9.84 Å². The summed E-state index contributed by atoms with van der Waals surface area (Å²) >= 11 is 0. The Labute approximate surface area is 198 Å². The van der Waals surface area contributed by atoms with Crippen molar-refractivity contribution in [1.29, 1.82) is 5.26 Å². The van der Waals surface area contributed by atoms with E-state index in [0.717, 1.165) is 37.2 Å². The zero-order valence-corrected chi connectivity index (χ0v) is 18.7. The van der Waals surface area contributed by atoms with Crippen molar-refractivity contribution >= 4 is 29.7 Å². The fraction of sp³-hybridized carbons (Fsp3) is 0.292. The van der Waals surface area contributed by atoms with E-state index in [0.29, 0.717) is 29.2 Å². The molecule has 0 atom stereocenters. The fourth-order valence-corrected chi connectivity index (χ4v) is 3.58. The molecule has 0 saturated carbocycles. The number of benzene rings is 2. The van der Waals surface area contributed by atoms with Crippen LogP contribution in [-0.2, 0) is 6.61 Å². The number of hydrazone groups is 1. The summed E-state index contributed by atoms with van der Waals surface area (Å²) in [7, 11) is 0. The van der Waals surface area contributed by atoms with Gasteiger partial charge in [-0.1, -0.05) is 18.2 Å². The normalized spacial score (nSPS) is 13.5. The molecule has 0 radical (unpaired) electrons. The molecule has 1 fully saturated rings. The lowest BCUT2D eigenvalue weighted by Crippen LogP contribution is -2.31. The monoisotopic (exact) mass is 458 g/mol. The van der Waals surface area contributed by atoms with Crippen molar-refractivity contribution in [3.8, 4) is 11.8 Å². The summed E-state index contributed by atoms with van der Waals surface area (Å²) in [5.41, 5.74) is 5.08. The molecule has 1 saturated heterocycles. The maximum absolute atomic E-state index is 9.59. The quantitative estimate of drug-likeness (QED) is 0.326. The second-order valence-electron chi connectivity index (χ2n) is 7.66. The summed E-state index contributed by atoms with van der Waals surface area (Å²) in [6.45, 7) is 1.51. The third kappa shape index (κ3) is 6.17. The molecule has 34 heavy (non-hydrogen) atoms. The largest absolute Gasteiger partial charge is 0.478 e. The van der Waals surface area contributed by atoms with E-state index in [1.165, 1.54) is 6.42 Å². The average molecular weight is 459 g/mol. The van der Waals surface area contributed by atoms with Crippen LogP contribution in [0.25, 0.3) is 0 Å². The zero-order valence-electron chi connectivity index (χ0n) is 18.7. The fourth-order valence-electron chi connectivity index (χ4n) is 3.58. The van der Waals surface area contributed by atoms with Crippen LogP contribution in [0, 0.1) is 11.3 Å². The van der Waals surface area contributed by atoms with Gasteiger partial charge in [0, 0.05) is 24.3 Å². The van der Waals surface area contributed by atoms with Crippen LogP contribution < -0.4 is 20.4 Å². The topological polar surface area (TPSA) is 132 Å². The number of para-hydroxylation sites is 1. The summed E-state index contributed by atoms with van der Waals surface area (Å²) in [6, 6.07) is 16.9. The molecule has 1 aromatic heterocycles. The average Bonchev–Trinajstić information content (AvgIpc) is 2.89. The van der Waals surface area contributed by atoms with Crippen LogP contribution in [0.2, 0.25) is 0 Å². The molecule has 3 N–H and O–H groups in total. The Morgan fingerprint density at radius 3 is 2.62 bits per heavy atom. The van der Waals surface area contributed by atoms with Crippen molar-refractivity contribution in [3.63, 3.8) is 0 Å². The molecule has 0 amide bonds. The summed E-state index contributed by atoms with van der Waals surface area (Å²) < 4.78 is 5.32. The van der Waals surface area contributed by atoms with Gasteiger partial charge in [0.25, 0.3) is 0 Å². The van der Waals surface area contributed by atoms with Gasteiger partial charge in [0.05, 0.1) is 12.8 Å². The van der Waals surface area contributed by atoms with Crippen LogP contribution in [0.15, 0.2) is 53.6 Å². The molecular weight excluding hydrogens is 432 g/mol. The predicted molar refractivity (Wildman–Crippen MR) is 130 cm³/mol. The number of rotatable bonds is 9. The number of hydrogen-bond acceptors (Lipinski definition) is 10. The molecule has 3 aromatic rings. The lowest BCUT2D eigenvalue weighted by Gasteiger charge is -2.26.